The fourth-order valence-corrected chi connectivity index (χ4v) is 3.82. The van der Waals surface area contributed by atoms with E-state index >= 15 is 0 Å². The minimum absolute atomic E-state index is 0.00375. The van der Waals surface area contributed by atoms with Gasteiger partial charge < -0.3 is 9.47 Å². The molecule has 0 heterocycles. The Bertz CT molecular complexity index is 458. The Morgan fingerprint density at radius 3 is 1.56 bits per heavy atom. The lowest BCUT2D eigenvalue weighted by Crippen LogP contribution is -2.22. The van der Waals surface area contributed by atoms with Gasteiger partial charge in [-0.05, 0) is 56.3 Å². The lowest BCUT2D eigenvalue weighted by Gasteiger charge is -2.18. The Balaban J connectivity index is 3.51. The molecule has 0 saturated heterocycles. The minimum atomic E-state index is -0.0310. The average Bonchev–Trinajstić information content (AvgIpc) is 2.74. The zero-order valence-corrected chi connectivity index (χ0v) is 22.3. The molecule has 0 fully saturated rings. The molecule has 0 rings (SSSR count). The van der Waals surface area contributed by atoms with Crippen LogP contribution in [-0.2, 0) is 19.1 Å². The zero-order valence-electron chi connectivity index (χ0n) is 22.3. The van der Waals surface area contributed by atoms with Crippen LogP contribution in [0, 0.1) is 23.7 Å². The van der Waals surface area contributed by atoms with E-state index < -0.39 is 0 Å². The maximum Gasteiger partial charge on any atom is 0.308 e. The summed E-state index contributed by atoms with van der Waals surface area (Å²) in [6.07, 6.45) is 15.3. The van der Waals surface area contributed by atoms with Crippen molar-refractivity contribution < 1.29 is 19.1 Å². The number of carbonyl (C=O) groups is 2. The zero-order chi connectivity index (χ0) is 24.2. The molecule has 0 saturated carbocycles. The van der Waals surface area contributed by atoms with E-state index in [-0.39, 0.29) is 17.9 Å². The van der Waals surface area contributed by atoms with Gasteiger partial charge in [-0.3, -0.25) is 9.59 Å². The third kappa shape index (κ3) is 19.6. The summed E-state index contributed by atoms with van der Waals surface area (Å²) < 4.78 is 10.7. The second-order valence-electron chi connectivity index (χ2n) is 10.6. The highest BCUT2D eigenvalue weighted by molar-refractivity contribution is 5.72. The highest BCUT2D eigenvalue weighted by Gasteiger charge is 2.21. The topological polar surface area (TPSA) is 52.6 Å². The Morgan fingerprint density at radius 2 is 1.03 bits per heavy atom. The van der Waals surface area contributed by atoms with Crippen LogP contribution in [0.15, 0.2) is 0 Å². The largest absolute Gasteiger partial charge is 0.466 e. The first-order chi connectivity index (χ1) is 15.2. The lowest BCUT2D eigenvalue weighted by atomic mass is 9.90. The van der Waals surface area contributed by atoms with Crippen molar-refractivity contribution in [3.63, 3.8) is 0 Å². The van der Waals surface area contributed by atoms with Gasteiger partial charge in [0.25, 0.3) is 0 Å². The molecule has 0 spiro atoms. The Labute approximate surface area is 199 Å². The third-order valence-corrected chi connectivity index (χ3v) is 6.37. The summed E-state index contributed by atoms with van der Waals surface area (Å²) in [5.74, 6) is 1.66. The molecule has 0 aliphatic carbocycles. The summed E-state index contributed by atoms with van der Waals surface area (Å²) >= 11 is 0. The van der Waals surface area contributed by atoms with Gasteiger partial charge in [-0.2, -0.15) is 0 Å². The number of unbranched alkanes of at least 4 members (excludes halogenated alkanes) is 7. The molecule has 32 heavy (non-hydrogen) atoms. The first-order valence-corrected chi connectivity index (χ1v) is 13.6. The molecule has 190 valence electrons. The predicted octanol–water partition coefficient (Wildman–Crippen LogP) is 8.12. The molecule has 0 aromatic carbocycles. The van der Waals surface area contributed by atoms with Crippen molar-refractivity contribution in [1.29, 1.82) is 0 Å². The van der Waals surface area contributed by atoms with Gasteiger partial charge in [0.15, 0.2) is 0 Å². The van der Waals surface area contributed by atoms with Crippen LogP contribution in [0.2, 0.25) is 0 Å². The van der Waals surface area contributed by atoms with Crippen LogP contribution in [-0.4, -0.2) is 25.2 Å². The molecule has 0 aromatic rings. The van der Waals surface area contributed by atoms with Crippen LogP contribution in [0.4, 0.5) is 0 Å². The molecule has 0 amide bonds. The summed E-state index contributed by atoms with van der Waals surface area (Å²) in [6, 6.07) is 0. The normalized spacial score (nSPS) is 13.4. The maximum absolute atomic E-state index is 12.2. The van der Waals surface area contributed by atoms with E-state index in [2.05, 4.69) is 34.6 Å². The molecule has 0 aliphatic heterocycles. The first-order valence-electron chi connectivity index (χ1n) is 13.6. The molecule has 0 N–H and O–H groups in total. The van der Waals surface area contributed by atoms with Gasteiger partial charge in [-0.15, -0.1) is 0 Å². The molecule has 2 unspecified atom stereocenters. The van der Waals surface area contributed by atoms with Crippen LogP contribution in [0.3, 0.4) is 0 Å². The fourth-order valence-electron chi connectivity index (χ4n) is 3.82. The molecular formula is C28H54O4. The molecule has 0 radical (unpaired) electrons. The number of ether oxygens (including phenoxy) is 2. The summed E-state index contributed by atoms with van der Waals surface area (Å²) in [7, 11) is 0. The molecule has 2 atom stereocenters. The van der Waals surface area contributed by atoms with E-state index in [1.165, 1.54) is 38.5 Å². The van der Waals surface area contributed by atoms with Crippen LogP contribution < -0.4 is 0 Å². The molecule has 4 nitrogen and oxygen atoms in total. The standard InChI is InChI=1S/C28H54O4/c1-23(2)17-15-21-31-27(29)20-14-12-10-8-7-9-11-13-19-25(5)26(6)28(30)32-22-16-18-24(3)4/h23-26H,7-22H2,1-6H3. The van der Waals surface area contributed by atoms with Crippen molar-refractivity contribution in [1.82, 2.24) is 0 Å². The van der Waals surface area contributed by atoms with E-state index in [0.29, 0.717) is 37.4 Å². The predicted molar refractivity (Wildman–Crippen MR) is 135 cm³/mol. The molecular weight excluding hydrogens is 400 g/mol. The van der Waals surface area contributed by atoms with Gasteiger partial charge in [0.1, 0.15) is 0 Å². The van der Waals surface area contributed by atoms with Crippen molar-refractivity contribution in [3.05, 3.63) is 0 Å². The summed E-state index contributed by atoms with van der Waals surface area (Å²) in [5, 5.41) is 0. The summed E-state index contributed by atoms with van der Waals surface area (Å²) in [5.41, 5.74) is 0. The van der Waals surface area contributed by atoms with E-state index in [1.54, 1.807) is 0 Å². The first kappa shape index (κ1) is 30.9. The van der Waals surface area contributed by atoms with E-state index in [0.717, 1.165) is 44.9 Å². The maximum atomic E-state index is 12.2. The second kappa shape index (κ2) is 20.5. The van der Waals surface area contributed by atoms with Gasteiger partial charge in [-0.25, -0.2) is 0 Å². The van der Waals surface area contributed by atoms with Crippen molar-refractivity contribution in [2.75, 3.05) is 13.2 Å². The van der Waals surface area contributed by atoms with Gasteiger partial charge in [0.2, 0.25) is 0 Å². The van der Waals surface area contributed by atoms with Crippen molar-refractivity contribution in [2.45, 2.75) is 131 Å². The monoisotopic (exact) mass is 454 g/mol. The number of hydrogen-bond donors (Lipinski definition) is 0. The SMILES string of the molecule is CC(C)CCCOC(=O)CCCCCCCCCCC(C)C(C)C(=O)OCCCC(C)C. The molecule has 0 bridgehead atoms. The van der Waals surface area contributed by atoms with Crippen LogP contribution in [0.25, 0.3) is 0 Å². The Morgan fingerprint density at radius 1 is 0.562 bits per heavy atom. The van der Waals surface area contributed by atoms with Crippen molar-refractivity contribution in [3.8, 4) is 0 Å². The van der Waals surface area contributed by atoms with E-state index in [4.69, 9.17) is 9.47 Å². The minimum Gasteiger partial charge on any atom is -0.466 e. The number of carbonyl (C=O) groups excluding carboxylic acids is 2. The number of rotatable bonds is 21. The molecule has 0 aromatic heterocycles. The summed E-state index contributed by atoms with van der Waals surface area (Å²) in [4.78, 5) is 23.8. The van der Waals surface area contributed by atoms with Crippen LogP contribution >= 0.6 is 0 Å². The fraction of sp³-hybridized carbons (Fsp3) is 0.929. The highest BCUT2D eigenvalue weighted by Crippen LogP contribution is 2.21. The van der Waals surface area contributed by atoms with E-state index in [1.807, 2.05) is 6.92 Å². The lowest BCUT2D eigenvalue weighted by molar-refractivity contribution is -0.150. The average molecular weight is 455 g/mol. The number of hydrogen-bond acceptors (Lipinski definition) is 4. The van der Waals surface area contributed by atoms with Gasteiger partial charge in [0.05, 0.1) is 19.1 Å². The van der Waals surface area contributed by atoms with Crippen molar-refractivity contribution >= 4 is 11.9 Å². The highest BCUT2D eigenvalue weighted by atomic mass is 16.5. The smallest absolute Gasteiger partial charge is 0.308 e. The number of esters is 2. The van der Waals surface area contributed by atoms with Gasteiger partial charge in [-0.1, -0.05) is 86.5 Å². The molecule has 4 heteroatoms. The quantitative estimate of drug-likeness (QED) is 0.130. The Kier molecular flexibility index (Phi) is 19.9. The van der Waals surface area contributed by atoms with Gasteiger partial charge in [0, 0.05) is 6.42 Å². The molecule has 0 aliphatic rings. The summed E-state index contributed by atoms with van der Waals surface area (Å²) in [6.45, 7) is 14.1. The third-order valence-electron chi connectivity index (χ3n) is 6.37. The van der Waals surface area contributed by atoms with Crippen molar-refractivity contribution in [2.24, 2.45) is 23.7 Å². The van der Waals surface area contributed by atoms with E-state index in [9.17, 15) is 9.59 Å². The van der Waals surface area contributed by atoms with Crippen LogP contribution in [0.5, 0.6) is 0 Å². The Hall–Kier alpha value is -1.06. The van der Waals surface area contributed by atoms with Crippen LogP contribution in [0.1, 0.15) is 131 Å². The second-order valence-corrected chi connectivity index (χ2v) is 10.6. The van der Waals surface area contributed by atoms with Gasteiger partial charge >= 0.3 is 11.9 Å².